The Balaban J connectivity index is 1.42. The zero-order valence-corrected chi connectivity index (χ0v) is 19.7. The van der Waals surface area contributed by atoms with Crippen molar-refractivity contribution in [3.05, 3.63) is 94.5 Å². The Morgan fingerprint density at radius 3 is 2.31 bits per heavy atom. The molecule has 0 aliphatic carbocycles. The Morgan fingerprint density at radius 2 is 1.63 bits per heavy atom. The van der Waals surface area contributed by atoms with E-state index in [4.69, 9.17) is 21.1 Å². The van der Waals surface area contributed by atoms with Crippen LogP contribution in [0.3, 0.4) is 0 Å². The molecule has 0 aliphatic rings. The number of hydrazone groups is 1. The molecule has 0 heterocycles. The first-order valence-electron chi connectivity index (χ1n) is 10.9. The van der Waals surface area contributed by atoms with Gasteiger partial charge in [0, 0.05) is 5.56 Å². The molecule has 8 nitrogen and oxygen atoms in total. The van der Waals surface area contributed by atoms with Gasteiger partial charge in [-0.05, 0) is 72.6 Å². The minimum atomic E-state index is -0.563. The molecular formula is C26H24ClN3O5. The van der Waals surface area contributed by atoms with Crippen LogP contribution in [0.25, 0.3) is 0 Å². The van der Waals surface area contributed by atoms with Gasteiger partial charge in [0.1, 0.15) is 11.5 Å². The van der Waals surface area contributed by atoms with Crippen LogP contribution in [0.5, 0.6) is 11.5 Å². The van der Waals surface area contributed by atoms with Crippen molar-refractivity contribution >= 4 is 35.6 Å². The second-order valence-electron chi connectivity index (χ2n) is 7.29. The monoisotopic (exact) mass is 493 g/mol. The predicted octanol–water partition coefficient (Wildman–Crippen LogP) is 4.23. The van der Waals surface area contributed by atoms with Crippen molar-refractivity contribution < 1.29 is 23.9 Å². The molecule has 180 valence electrons. The van der Waals surface area contributed by atoms with Crippen molar-refractivity contribution in [1.82, 2.24) is 10.7 Å². The summed E-state index contributed by atoms with van der Waals surface area (Å²) in [5, 5.41) is 6.70. The molecular weight excluding hydrogens is 470 g/mol. The maximum absolute atomic E-state index is 12.2. The molecule has 2 amide bonds. The molecule has 0 aliphatic heterocycles. The molecule has 9 heteroatoms. The van der Waals surface area contributed by atoms with Crippen molar-refractivity contribution in [1.29, 1.82) is 0 Å². The van der Waals surface area contributed by atoms with Gasteiger partial charge < -0.3 is 14.8 Å². The number of carbonyl (C=O) groups excluding carboxylic acids is 3. The lowest BCUT2D eigenvalue weighted by atomic mass is 10.2. The quantitative estimate of drug-likeness (QED) is 0.190. The highest BCUT2D eigenvalue weighted by atomic mass is 35.5. The van der Waals surface area contributed by atoms with Gasteiger partial charge in [0.15, 0.2) is 0 Å². The molecule has 0 bridgehead atoms. The first-order valence-corrected chi connectivity index (χ1v) is 11.2. The summed E-state index contributed by atoms with van der Waals surface area (Å²) in [6.45, 7) is 2.38. The van der Waals surface area contributed by atoms with Crippen LogP contribution in [0.4, 0.5) is 0 Å². The van der Waals surface area contributed by atoms with Gasteiger partial charge in [-0.25, -0.2) is 10.2 Å². The van der Waals surface area contributed by atoms with Gasteiger partial charge in [0.05, 0.1) is 30.0 Å². The van der Waals surface area contributed by atoms with Crippen LogP contribution in [0.1, 0.15) is 39.6 Å². The van der Waals surface area contributed by atoms with Crippen LogP contribution in [-0.2, 0) is 4.79 Å². The van der Waals surface area contributed by atoms with Gasteiger partial charge in [-0.2, -0.15) is 5.10 Å². The number of nitrogens with zero attached hydrogens (tertiary/aromatic N) is 1. The van der Waals surface area contributed by atoms with Crippen LogP contribution in [0, 0.1) is 0 Å². The van der Waals surface area contributed by atoms with Crippen LogP contribution >= 0.6 is 11.6 Å². The summed E-state index contributed by atoms with van der Waals surface area (Å²) >= 11 is 6.00. The van der Waals surface area contributed by atoms with Crippen molar-refractivity contribution in [3.63, 3.8) is 0 Å². The Labute approximate surface area is 207 Å². The van der Waals surface area contributed by atoms with E-state index >= 15 is 0 Å². The highest BCUT2D eigenvalue weighted by Gasteiger charge is 2.12. The van der Waals surface area contributed by atoms with Crippen molar-refractivity contribution in [2.45, 2.75) is 13.3 Å². The number of rotatable bonds is 10. The fraction of sp³-hybridized carbons (Fsp3) is 0.154. The standard InChI is InChI=1S/C26H24ClN3O5/c1-2-15-34-20-13-9-19(10-14-20)25(32)28-17-24(31)30-29-16-18-7-11-21(12-8-18)35-26(33)22-5-3-4-6-23(22)27/h3-14,16H,2,15,17H2,1H3,(H,28,32)(H,30,31)/b29-16-. The van der Waals surface area contributed by atoms with Crippen LogP contribution in [0.2, 0.25) is 5.02 Å². The molecule has 35 heavy (non-hydrogen) atoms. The van der Waals surface area contributed by atoms with E-state index < -0.39 is 11.9 Å². The first kappa shape index (κ1) is 25.5. The second kappa shape index (κ2) is 12.9. The van der Waals surface area contributed by atoms with E-state index in [1.165, 1.54) is 6.21 Å². The van der Waals surface area contributed by atoms with E-state index in [0.29, 0.717) is 34.3 Å². The first-order chi connectivity index (χ1) is 17.0. The fourth-order valence-corrected chi connectivity index (χ4v) is 3.03. The number of hydrogen-bond acceptors (Lipinski definition) is 6. The molecule has 3 rings (SSSR count). The third-order valence-electron chi connectivity index (χ3n) is 4.59. The number of nitrogens with one attached hydrogen (secondary N) is 2. The lowest BCUT2D eigenvalue weighted by Gasteiger charge is -2.07. The van der Waals surface area contributed by atoms with Gasteiger partial charge in [0.25, 0.3) is 11.8 Å². The molecule has 2 N–H and O–H groups in total. The van der Waals surface area contributed by atoms with Crippen LogP contribution < -0.4 is 20.2 Å². The molecule has 0 aromatic heterocycles. The molecule has 0 unspecified atom stereocenters. The van der Waals surface area contributed by atoms with Gasteiger partial charge in [-0.15, -0.1) is 0 Å². The van der Waals surface area contributed by atoms with E-state index in [2.05, 4.69) is 15.8 Å². The lowest BCUT2D eigenvalue weighted by Crippen LogP contribution is -2.34. The van der Waals surface area contributed by atoms with Gasteiger partial charge in [0.2, 0.25) is 0 Å². The van der Waals surface area contributed by atoms with E-state index in [9.17, 15) is 14.4 Å². The Morgan fingerprint density at radius 1 is 0.943 bits per heavy atom. The third-order valence-corrected chi connectivity index (χ3v) is 4.92. The Bertz CT molecular complexity index is 1190. The summed E-state index contributed by atoms with van der Waals surface area (Å²) in [7, 11) is 0. The number of ether oxygens (including phenoxy) is 2. The molecule has 0 saturated carbocycles. The number of carbonyl (C=O) groups is 3. The zero-order valence-electron chi connectivity index (χ0n) is 19.0. The number of benzene rings is 3. The second-order valence-corrected chi connectivity index (χ2v) is 7.69. The number of esters is 1. The average Bonchev–Trinajstić information content (AvgIpc) is 2.87. The summed E-state index contributed by atoms with van der Waals surface area (Å²) in [4.78, 5) is 36.3. The highest BCUT2D eigenvalue weighted by molar-refractivity contribution is 6.33. The van der Waals surface area contributed by atoms with E-state index in [0.717, 1.165) is 6.42 Å². The molecule has 3 aromatic carbocycles. The topological polar surface area (TPSA) is 106 Å². The van der Waals surface area contributed by atoms with Gasteiger partial charge in [-0.1, -0.05) is 30.7 Å². The summed E-state index contributed by atoms with van der Waals surface area (Å²) in [6, 6.07) is 19.8. The van der Waals surface area contributed by atoms with Gasteiger partial charge in [-0.3, -0.25) is 9.59 Å². The Kier molecular flexibility index (Phi) is 9.39. The number of hydrogen-bond donors (Lipinski definition) is 2. The maximum atomic E-state index is 12.2. The Hall–Kier alpha value is -4.17. The fourth-order valence-electron chi connectivity index (χ4n) is 2.81. The normalized spacial score (nSPS) is 10.6. The molecule has 0 fully saturated rings. The minimum Gasteiger partial charge on any atom is -0.494 e. The SMILES string of the molecule is CCCOc1ccc(C(=O)NCC(=O)N/N=C\c2ccc(OC(=O)c3ccccc3Cl)cc2)cc1. The molecule has 0 spiro atoms. The zero-order chi connectivity index (χ0) is 25.0. The molecule has 3 aromatic rings. The number of amides is 2. The highest BCUT2D eigenvalue weighted by Crippen LogP contribution is 2.19. The summed E-state index contributed by atoms with van der Waals surface area (Å²) in [5.41, 5.74) is 3.69. The van der Waals surface area contributed by atoms with Gasteiger partial charge >= 0.3 is 5.97 Å². The summed E-state index contributed by atoms with van der Waals surface area (Å²) in [6.07, 6.45) is 2.32. The summed E-state index contributed by atoms with van der Waals surface area (Å²) < 4.78 is 10.8. The van der Waals surface area contributed by atoms with Crippen molar-refractivity contribution in [2.24, 2.45) is 5.10 Å². The molecule has 0 atom stereocenters. The molecule has 0 radical (unpaired) electrons. The smallest absolute Gasteiger partial charge is 0.345 e. The van der Waals surface area contributed by atoms with E-state index in [1.54, 1.807) is 72.8 Å². The lowest BCUT2D eigenvalue weighted by molar-refractivity contribution is -0.120. The van der Waals surface area contributed by atoms with E-state index in [1.807, 2.05) is 6.92 Å². The van der Waals surface area contributed by atoms with Crippen molar-refractivity contribution in [3.8, 4) is 11.5 Å². The summed E-state index contributed by atoms with van der Waals surface area (Å²) in [5.74, 6) is -0.408. The minimum absolute atomic E-state index is 0.235. The molecule has 0 saturated heterocycles. The van der Waals surface area contributed by atoms with Crippen LogP contribution in [-0.4, -0.2) is 37.1 Å². The maximum Gasteiger partial charge on any atom is 0.345 e. The third kappa shape index (κ3) is 7.97. The number of halogens is 1. The van der Waals surface area contributed by atoms with Crippen LogP contribution in [0.15, 0.2) is 77.9 Å². The largest absolute Gasteiger partial charge is 0.494 e. The van der Waals surface area contributed by atoms with Crippen molar-refractivity contribution in [2.75, 3.05) is 13.2 Å². The van der Waals surface area contributed by atoms with E-state index in [-0.39, 0.29) is 18.0 Å². The average molecular weight is 494 g/mol. The predicted molar refractivity (Wildman–Crippen MR) is 133 cm³/mol.